The molecule has 0 bridgehead atoms. The van der Waals surface area contributed by atoms with Crippen LogP contribution in [0.2, 0.25) is 0 Å². The molecule has 1 saturated heterocycles. The van der Waals surface area contributed by atoms with Crippen molar-refractivity contribution in [2.24, 2.45) is 5.92 Å². The molecule has 3 rings (SSSR count). The van der Waals surface area contributed by atoms with Crippen molar-refractivity contribution in [3.8, 4) is 5.75 Å². The summed E-state index contributed by atoms with van der Waals surface area (Å²) < 4.78 is 18.2. The van der Waals surface area contributed by atoms with Crippen molar-refractivity contribution in [2.75, 3.05) is 6.61 Å². The van der Waals surface area contributed by atoms with Gasteiger partial charge in [-0.1, -0.05) is 15.9 Å². The Morgan fingerprint density at radius 2 is 2.25 bits per heavy atom. The fraction of sp³-hybridized carbons (Fsp3) is 0.533. The van der Waals surface area contributed by atoms with Gasteiger partial charge in [-0.2, -0.15) is 0 Å². The van der Waals surface area contributed by atoms with Gasteiger partial charge in [0.2, 0.25) is 0 Å². The highest BCUT2D eigenvalue weighted by Gasteiger charge is 2.46. The van der Waals surface area contributed by atoms with Crippen molar-refractivity contribution in [3.63, 3.8) is 0 Å². The van der Waals surface area contributed by atoms with E-state index >= 15 is 0 Å². The van der Waals surface area contributed by atoms with Gasteiger partial charge in [-0.05, 0) is 32.0 Å². The van der Waals surface area contributed by atoms with E-state index in [2.05, 4.69) is 15.9 Å². The molecule has 20 heavy (non-hydrogen) atoms. The third kappa shape index (κ3) is 2.38. The van der Waals surface area contributed by atoms with Gasteiger partial charge in [-0.25, -0.2) is 0 Å². The molecule has 1 fully saturated rings. The monoisotopic (exact) mass is 340 g/mol. The van der Waals surface area contributed by atoms with Gasteiger partial charge in [0.15, 0.2) is 12.1 Å². The molecule has 2 aliphatic heterocycles. The molecule has 0 aromatic heterocycles. The van der Waals surface area contributed by atoms with Crippen molar-refractivity contribution in [1.82, 2.24) is 0 Å². The number of carbonyl (C=O) groups excluding carboxylic acids is 1. The maximum Gasteiger partial charge on any atom is 0.176 e. The average molecular weight is 341 g/mol. The number of hydrogen-bond donors (Lipinski definition) is 0. The van der Waals surface area contributed by atoms with Gasteiger partial charge in [-0.15, -0.1) is 0 Å². The molecule has 0 radical (unpaired) electrons. The van der Waals surface area contributed by atoms with Crippen LogP contribution in [0, 0.1) is 5.92 Å². The number of carbonyl (C=O) groups is 1. The second-order valence-electron chi connectivity index (χ2n) is 5.15. The zero-order valence-electron chi connectivity index (χ0n) is 11.5. The molecular weight excluding hydrogens is 324 g/mol. The topological polar surface area (TPSA) is 44.8 Å². The Kier molecular flexibility index (Phi) is 3.84. The Morgan fingerprint density at radius 1 is 1.45 bits per heavy atom. The second kappa shape index (κ2) is 5.47. The third-order valence-corrected chi connectivity index (χ3v) is 4.33. The fourth-order valence-electron chi connectivity index (χ4n) is 2.95. The third-order valence-electron chi connectivity index (χ3n) is 3.84. The van der Waals surface area contributed by atoms with Crippen molar-refractivity contribution < 1.29 is 19.0 Å². The summed E-state index contributed by atoms with van der Waals surface area (Å²) in [5.41, 5.74) is 0.630. The lowest BCUT2D eigenvalue weighted by Gasteiger charge is -2.42. The molecule has 108 valence electrons. The lowest BCUT2D eigenvalue weighted by Crippen LogP contribution is -2.52. The van der Waals surface area contributed by atoms with Gasteiger partial charge < -0.3 is 14.2 Å². The minimum Gasteiger partial charge on any atom is -0.489 e. The first-order chi connectivity index (χ1) is 9.60. The molecule has 3 unspecified atom stereocenters. The van der Waals surface area contributed by atoms with Crippen LogP contribution in [0.4, 0.5) is 0 Å². The van der Waals surface area contributed by atoms with E-state index < -0.39 is 0 Å². The fourth-order valence-corrected chi connectivity index (χ4v) is 3.32. The molecule has 1 aromatic rings. The molecule has 5 heteroatoms. The number of hydrogen-bond acceptors (Lipinski definition) is 4. The summed E-state index contributed by atoms with van der Waals surface area (Å²) in [5.74, 6) is 0.498. The van der Waals surface area contributed by atoms with Crippen molar-refractivity contribution in [2.45, 2.75) is 38.8 Å². The van der Waals surface area contributed by atoms with Crippen LogP contribution in [-0.4, -0.2) is 30.9 Å². The Hall–Kier alpha value is -0.910. The van der Waals surface area contributed by atoms with Gasteiger partial charge in [0.25, 0.3) is 0 Å². The van der Waals surface area contributed by atoms with Gasteiger partial charge in [-0.3, -0.25) is 4.79 Å². The predicted octanol–water partition coefficient (Wildman–Crippen LogP) is 3.18. The number of benzene rings is 1. The van der Waals surface area contributed by atoms with Crippen LogP contribution in [0.1, 0.15) is 30.6 Å². The first-order valence-corrected chi connectivity index (χ1v) is 7.67. The van der Waals surface area contributed by atoms with E-state index in [9.17, 15) is 4.79 Å². The van der Waals surface area contributed by atoms with Gasteiger partial charge >= 0.3 is 0 Å². The SMILES string of the molecule is CCOC1CC2Oc3ccc(Br)cc3C(=O)[C@H]2C(C)O1. The van der Waals surface area contributed by atoms with Crippen LogP contribution < -0.4 is 4.74 Å². The lowest BCUT2D eigenvalue weighted by molar-refractivity contribution is -0.219. The smallest absolute Gasteiger partial charge is 0.176 e. The van der Waals surface area contributed by atoms with E-state index in [4.69, 9.17) is 14.2 Å². The number of Topliss-reactive ketones (excluding diaryl/α,β-unsaturated/α-hetero) is 1. The largest absolute Gasteiger partial charge is 0.489 e. The molecule has 0 aliphatic carbocycles. The van der Waals surface area contributed by atoms with Gasteiger partial charge in [0.05, 0.1) is 17.6 Å². The summed E-state index contributed by atoms with van der Waals surface area (Å²) in [7, 11) is 0. The minimum atomic E-state index is -0.291. The Balaban J connectivity index is 1.91. The van der Waals surface area contributed by atoms with Crippen LogP contribution in [0.5, 0.6) is 5.75 Å². The van der Waals surface area contributed by atoms with Crippen LogP contribution >= 0.6 is 15.9 Å². The Labute approximate surface area is 126 Å². The zero-order chi connectivity index (χ0) is 14.3. The number of halogens is 1. The first kappa shape index (κ1) is 14.0. The maximum absolute atomic E-state index is 12.7. The zero-order valence-corrected chi connectivity index (χ0v) is 13.1. The molecule has 4 atom stereocenters. The molecular formula is C15H17BrO4. The molecule has 4 nitrogen and oxygen atoms in total. The second-order valence-corrected chi connectivity index (χ2v) is 6.06. The van der Waals surface area contributed by atoms with Crippen LogP contribution in [0.3, 0.4) is 0 Å². The van der Waals surface area contributed by atoms with E-state index in [1.807, 2.05) is 32.0 Å². The van der Waals surface area contributed by atoms with E-state index in [1.54, 1.807) is 0 Å². The molecule has 0 N–H and O–H groups in total. The van der Waals surface area contributed by atoms with Crippen LogP contribution in [-0.2, 0) is 9.47 Å². The standard InChI is InChI=1S/C15H17BrO4/c1-3-18-13-7-12-14(8(2)19-13)15(17)10-6-9(16)4-5-11(10)20-12/h4-6,8,12-14H,3,7H2,1-2H3/t8?,12?,13?,14-/m0/s1. The van der Waals surface area contributed by atoms with E-state index in [0.29, 0.717) is 24.3 Å². The normalized spacial score (nSPS) is 32.2. The molecule has 2 aliphatic rings. The first-order valence-electron chi connectivity index (χ1n) is 6.87. The van der Waals surface area contributed by atoms with E-state index in [0.717, 1.165) is 4.47 Å². The van der Waals surface area contributed by atoms with Crippen molar-refractivity contribution in [3.05, 3.63) is 28.2 Å². The highest BCUT2D eigenvalue weighted by Crippen LogP contribution is 2.39. The molecule has 0 spiro atoms. The quantitative estimate of drug-likeness (QED) is 0.829. The van der Waals surface area contributed by atoms with E-state index in [-0.39, 0.29) is 30.2 Å². The maximum atomic E-state index is 12.7. The summed E-state index contributed by atoms with van der Waals surface area (Å²) >= 11 is 3.39. The molecule has 0 amide bonds. The highest BCUT2D eigenvalue weighted by atomic mass is 79.9. The molecule has 2 heterocycles. The molecule has 0 saturated carbocycles. The summed E-state index contributed by atoms with van der Waals surface area (Å²) in [5, 5.41) is 0. The van der Waals surface area contributed by atoms with Crippen molar-refractivity contribution >= 4 is 21.7 Å². The van der Waals surface area contributed by atoms with E-state index in [1.165, 1.54) is 0 Å². The van der Waals surface area contributed by atoms with Crippen molar-refractivity contribution in [1.29, 1.82) is 0 Å². The average Bonchev–Trinajstić information content (AvgIpc) is 2.40. The minimum absolute atomic E-state index is 0.0972. The Morgan fingerprint density at radius 3 is 3.00 bits per heavy atom. The predicted molar refractivity (Wildman–Crippen MR) is 77.0 cm³/mol. The Bertz CT molecular complexity index is 531. The van der Waals surface area contributed by atoms with Gasteiger partial charge in [0, 0.05) is 17.5 Å². The highest BCUT2D eigenvalue weighted by molar-refractivity contribution is 9.10. The van der Waals surface area contributed by atoms with Crippen LogP contribution in [0.25, 0.3) is 0 Å². The summed E-state index contributed by atoms with van der Waals surface area (Å²) in [4.78, 5) is 12.7. The lowest BCUT2D eigenvalue weighted by atomic mass is 9.82. The number of ether oxygens (including phenoxy) is 3. The van der Waals surface area contributed by atoms with Crippen LogP contribution in [0.15, 0.2) is 22.7 Å². The summed E-state index contributed by atoms with van der Waals surface area (Å²) in [6, 6.07) is 5.54. The van der Waals surface area contributed by atoms with Gasteiger partial charge in [0.1, 0.15) is 11.9 Å². The number of ketones is 1. The molecule has 1 aromatic carbocycles. The summed E-state index contributed by atoms with van der Waals surface area (Å²) in [6.45, 7) is 4.43. The number of rotatable bonds is 2. The summed E-state index contributed by atoms with van der Waals surface area (Å²) in [6.07, 6.45) is -0.0770. The number of fused-ring (bicyclic) bond motifs is 2.